The van der Waals surface area contributed by atoms with Gasteiger partial charge in [-0.3, -0.25) is 0 Å². The summed E-state index contributed by atoms with van der Waals surface area (Å²) in [5, 5.41) is 0. The van der Waals surface area contributed by atoms with E-state index in [4.69, 9.17) is 1.37 Å². The second kappa shape index (κ2) is 3.67. The molecule has 0 fully saturated rings. The van der Waals surface area contributed by atoms with Gasteiger partial charge in [-0.25, -0.2) is 0 Å². The van der Waals surface area contributed by atoms with Gasteiger partial charge in [-0.05, 0) is 24.6 Å². The Labute approximate surface area is 97.8 Å². The summed E-state index contributed by atoms with van der Waals surface area (Å²) in [7, 11) is 0. The largest absolute Gasteiger partial charge is 0.317 e. The average Bonchev–Trinajstić information content (AvgIpc) is 2.87. The fourth-order valence-corrected chi connectivity index (χ4v) is 2.41. The topological polar surface area (TPSA) is 3.24 Å². The van der Waals surface area contributed by atoms with E-state index in [9.17, 15) is 0 Å². The third kappa shape index (κ3) is 1.32. The molecule has 1 atom stereocenters. The van der Waals surface area contributed by atoms with Crippen molar-refractivity contribution in [2.45, 2.75) is 13.3 Å². The van der Waals surface area contributed by atoms with Gasteiger partial charge in [0.05, 0.1) is 1.37 Å². The Kier molecular flexibility index (Phi) is 1.93. The summed E-state index contributed by atoms with van der Waals surface area (Å²) in [5.74, 6) is 0.430. The minimum atomic E-state index is 0.430. The Balaban J connectivity index is 2.05. The van der Waals surface area contributed by atoms with E-state index in [1.165, 1.54) is 11.4 Å². The van der Waals surface area contributed by atoms with Gasteiger partial charge in [0.2, 0.25) is 0 Å². The van der Waals surface area contributed by atoms with Crippen molar-refractivity contribution < 1.29 is 1.37 Å². The van der Waals surface area contributed by atoms with Crippen molar-refractivity contribution in [3.8, 4) is 0 Å². The fourth-order valence-electron chi connectivity index (χ4n) is 2.41. The Morgan fingerprint density at radius 1 is 1.38 bits per heavy atom. The van der Waals surface area contributed by atoms with Gasteiger partial charge in [-0.2, -0.15) is 0 Å². The number of allylic oxidation sites excluding steroid dienone is 4. The van der Waals surface area contributed by atoms with Gasteiger partial charge in [0.25, 0.3) is 0 Å². The highest BCUT2D eigenvalue weighted by Gasteiger charge is 2.28. The van der Waals surface area contributed by atoms with Crippen LogP contribution in [0.4, 0.5) is 5.69 Å². The lowest BCUT2D eigenvalue weighted by atomic mass is 10.1. The molecule has 1 aromatic rings. The molecule has 0 N–H and O–H groups in total. The third-order valence-corrected chi connectivity index (χ3v) is 3.16. The molecular weight excluding hydrogens is 194 g/mol. The Bertz CT molecular complexity index is 540. The van der Waals surface area contributed by atoms with Crippen molar-refractivity contribution in [2.75, 3.05) is 4.90 Å². The Morgan fingerprint density at radius 2 is 2.31 bits per heavy atom. The summed E-state index contributed by atoms with van der Waals surface area (Å²) in [6.07, 6.45) is 9.83. The van der Waals surface area contributed by atoms with Gasteiger partial charge in [0, 0.05) is 23.0 Å². The summed E-state index contributed by atoms with van der Waals surface area (Å²) in [5.41, 5.74) is 3.74. The van der Waals surface area contributed by atoms with E-state index in [0.29, 0.717) is 12.0 Å². The zero-order valence-corrected chi connectivity index (χ0v) is 9.35. The molecule has 1 aliphatic heterocycles. The Morgan fingerprint density at radius 3 is 3.12 bits per heavy atom. The van der Waals surface area contributed by atoms with Crippen molar-refractivity contribution >= 4 is 5.69 Å². The maximum atomic E-state index is 7.73. The summed E-state index contributed by atoms with van der Waals surface area (Å²) < 4.78 is 7.73. The first-order valence-corrected chi connectivity index (χ1v) is 5.75. The molecule has 0 saturated heterocycles. The van der Waals surface area contributed by atoms with Crippen LogP contribution < -0.4 is 4.90 Å². The standard InChI is InChI=1S/C15H15N/c1-2-13-11-12-7-6-10-15(12)16(13)14-8-4-3-5-9-14/h3-12H,2H2,1H3/i4D. The molecule has 1 aliphatic carbocycles. The molecular formula is C15H15N. The Hall–Kier alpha value is -1.76. The third-order valence-electron chi connectivity index (χ3n) is 3.16. The predicted octanol–water partition coefficient (Wildman–Crippen LogP) is 3.87. The number of benzene rings is 1. The minimum Gasteiger partial charge on any atom is -0.317 e. The molecule has 0 amide bonds. The van der Waals surface area contributed by atoms with Crippen LogP contribution in [0.2, 0.25) is 0 Å². The normalized spacial score (nSPS) is 22.9. The van der Waals surface area contributed by atoms with Crippen LogP contribution in [0.1, 0.15) is 14.7 Å². The van der Waals surface area contributed by atoms with Crippen molar-refractivity contribution in [1.29, 1.82) is 0 Å². The van der Waals surface area contributed by atoms with Crippen LogP contribution in [0.15, 0.2) is 66.0 Å². The first-order valence-electron chi connectivity index (χ1n) is 6.25. The number of hydrogen-bond acceptors (Lipinski definition) is 1. The maximum Gasteiger partial charge on any atom is 0.0623 e. The van der Waals surface area contributed by atoms with Crippen LogP contribution in [0.25, 0.3) is 0 Å². The summed E-state index contributed by atoms with van der Waals surface area (Å²) >= 11 is 0. The van der Waals surface area contributed by atoms with Crippen LogP contribution in [0.5, 0.6) is 0 Å². The molecule has 3 rings (SSSR count). The quantitative estimate of drug-likeness (QED) is 0.716. The number of anilines is 1. The zero-order chi connectivity index (χ0) is 11.8. The van der Waals surface area contributed by atoms with Gasteiger partial charge < -0.3 is 4.90 Å². The van der Waals surface area contributed by atoms with Crippen LogP contribution in [-0.4, -0.2) is 0 Å². The highest BCUT2D eigenvalue weighted by molar-refractivity contribution is 5.64. The first-order chi connectivity index (χ1) is 8.29. The second-order valence-corrected chi connectivity index (χ2v) is 4.11. The summed E-state index contributed by atoms with van der Waals surface area (Å²) in [4.78, 5) is 2.28. The number of nitrogens with zero attached hydrogens (tertiary/aromatic N) is 1. The molecule has 0 bridgehead atoms. The second-order valence-electron chi connectivity index (χ2n) is 4.11. The molecule has 16 heavy (non-hydrogen) atoms. The molecule has 80 valence electrons. The SMILES string of the molecule is [2H]c1cccc(N2C(CC)=CC3C=CC=C32)c1. The monoisotopic (exact) mass is 210 g/mol. The lowest BCUT2D eigenvalue weighted by Crippen LogP contribution is -2.17. The van der Waals surface area contributed by atoms with Crippen molar-refractivity contribution in [3.63, 3.8) is 0 Å². The van der Waals surface area contributed by atoms with Crippen LogP contribution in [-0.2, 0) is 0 Å². The number of hydrogen-bond donors (Lipinski definition) is 0. The highest BCUT2D eigenvalue weighted by atomic mass is 15.2. The highest BCUT2D eigenvalue weighted by Crippen LogP contribution is 2.39. The molecule has 1 unspecified atom stereocenters. The smallest absolute Gasteiger partial charge is 0.0623 e. The van der Waals surface area contributed by atoms with Crippen LogP contribution in [0, 0.1) is 5.92 Å². The van der Waals surface area contributed by atoms with Gasteiger partial charge in [0.15, 0.2) is 0 Å². The summed E-state index contributed by atoms with van der Waals surface area (Å²) in [6.45, 7) is 2.18. The van der Waals surface area contributed by atoms with Crippen molar-refractivity contribution in [2.24, 2.45) is 5.92 Å². The van der Waals surface area contributed by atoms with E-state index in [1.807, 2.05) is 18.2 Å². The molecule has 0 aromatic heterocycles. The van der Waals surface area contributed by atoms with E-state index in [1.54, 1.807) is 0 Å². The maximum absolute atomic E-state index is 7.73. The van der Waals surface area contributed by atoms with Crippen molar-refractivity contribution in [1.82, 2.24) is 0 Å². The zero-order valence-electron chi connectivity index (χ0n) is 10.4. The van der Waals surface area contributed by atoms with Gasteiger partial charge in [0.1, 0.15) is 0 Å². The molecule has 1 nitrogen and oxygen atoms in total. The van der Waals surface area contributed by atoms with Crippen LogP contribution >= 0.6 is 0 Å². The van der Waals surface area contributed by atoms with Crippen molar-refractivity contribution in [3.05, 3.63) is 66.0 Å². The van der Waals surface area contributed by atoms with E-state index >= 15 is 0 Å². The molecule has 2 aliphatic rings. The van der Waals surface area contributed by atoms with Gasteiger partial charge in [-0.1, -0.05) is 43.3 Å². The number of para-hydroxylation sites is 1. The predicted molar refractivity (Wildman–Crippen MR) is 68.0 cm³/mol. The molecule has 1 aromatic carbocycles. The number of fused-ring (bicyclic) bond motifs is 1. The minimum absolute atomic E-state index is 0.430. The van der Waals surface area contributed by atoms with E-state index in [-0.39, 0.29) is 0 Å². The molecule has 0 spiro atoms. The summed E-state index contributed by atoms with van der Waals surface area (Å²) in [6, 6.07) is 8.32. The van der Waals surface area contributed by atoms with Gasteiger partial charge in [-0.15, -0.1) is 0 Å². The van der Waals surface area contributed by atoms with Gasteiger partial charge >= 0.3 is 0 Å². The molecule has 0 saturated carbocycles. The molecule has 1 heteroatoms. The van der Waals surface area contributed by atoms with E-state index in [2.05, 4.69) is 42.2 Å². The lowest BCUT2D eigenvalue weighted by Gasteiger charge is -2.24. The molecule has 0 radical (unpaired) electrons. The van der Waals surface area contributed by atoms with E-state index in [0.717, 1.165) is 12.1 Å². The first kappa shape index (κ1) is 8.40. The molecule has 1 heterocycles. The number of rotatable bonds is 2. The average molecular weight is 210 g/mol. The van der Waals surface area contributed by atoms with Crippen LogP contribution in [0.3, 0.4) is 0 Å². The fraction of sp³-hybridized carbons (Fsp3) is 0.200. The van der Waals surface area contributed by atoms with E-state index < -0.39 is 0 Å². The lowest BCUT2D eigenvalue weighted by molar-refractivity contribution is 0.966.